The molecule has 3 aromatic heterocycles. The van der Waals surface area contributed by atoms with Gasteiger partial charge >= 0.3 is 0 Å². The molecule has 1 aliphatic heterocycles. The molecule has 0 unspecified atom stereocenters. The van der Waals surface area contributed by atoms with E-state index in [0.717, 1.165) is 80.3 Å². The maximum Gasteiger partial charge on any atom is 0.221 e. The Morgan fingerprint density at radius 3 is 2.10 bits per heavy atom. The molecule has 0 bridgehead atoms. The summed E-state index contributed by atoms with van der Waals surface area (Å²) in [5.41, 5.74) is 9.54. The van der Waals surface area contributed by atoms with Crippen molar-refractivity contribution in [2.24, 2.45) is 0 Å². The Morgan fingerprint density at radius 2 is 1.39 bits per heavy atom. The van der Waals surface area contributed by atoms with Gasteiger partial charge in [0.1, 0.15) is 5.82 Å². The number of nitrogens with zero attached hydrogens (tertiary/aromatic N) is 4. The van der Waals surface area contributed by atoms with Crippen molar-refractivity contribution in [1.29, 1.82) is 0 Å². The van der Waals surface area contributed by atoms with Gasteiger partial charge in [0, 0.05) is 46.4 Å². The average molecular weight is 655 g/mol. The molecule has 7 heteroatoms. The van der Waals surface area contributed by atoms with Gasteiger partial charge < -0.3 is 19.1 Å². The maximum absolute atomic E-state index is 6.46. The van der Waals surface area contributed by atoms with Gasteiger partial charge in [-0.3, -0.25) is 0 Å². The lowest BCUT2D eigenvalue weighted by Gasteiger charge is -2.30. The van der Waals surface area contributed by atoms with Crippen molar-refractivity contribution in [2.75, 3.05) is 44.4 Å². The van der Waals surface area contributed by atoms with Crippen molar-refractivity contribution in [3.63, 3.8) is 0 Å². The van der Waals surface area contributed by atoms with Gasteiger partial charge in [0.2, 0.25) is 11.8 Å². The molecule has 1 fully saturated rings. The van der Waals surface area contributed by atoms with Crippen LogP contribution in [0.1, 0.15) is 70.9 Å². The van der Waals surface area contributed by atoms with E-state index >= 15 is 0 Å². The third-order valence-corrected chi connectivity index (χ3v) is 9.36. The highest BCUT2D eigenvalue weighted by Crippen LogP contribution is 2.42. The summed E-state index contributed by atoms with van der Waals surface area (Å²) < 4.78 is 18.0. The number of aromatic nitrogens is 3. The Bertz CT molecular complexity index is 2140. The Kier molecular flexibility index (Phi) is 9.37. The Labute approximate surface area is 289 Å². The molecule has 0 atom stereocenters. The SMILES string of the molecule is CCCOc1nc2cc(-c3cc4ccccc4nc3N3CCOCC3)cc(C(C)C)c2cc1-c1cc(C(C)C)c2ccc(OCC)nc2c1. The second kappa shape index (κ2) is 14.0. The smallest absolute Gasteiger partial charge is 0.221 e. The largest absolute Gasteiger partial charge is 0.478 e. The molecule has 0 radical (unpaired) electrons. The minimum atomic E-state index is 0.262. The lowest BCUT2D eigenvalue weighted by Crippen LogP contribution is -2.37. The highest BCUT2D eigenvalue weighted by atomic mass is 16.5. The van der Waals surface area contributed by atoms with Crippen LogP contribution in [0.4, 0.5) is 5.82 Å². The van der Waals surface area contributed by atoms with E-state index < -0.39 is 0 Å². The highest BCUT2D eigenvalue weighted by Gasteiger charge is 2.22. The quantitative estimate of drug-likeness (QED) is 0.146. The van der Waals surface area contributed by atoms with Gasteiger partial charge in [-0.2, -0.15) is 0 Å². The fraction of sp³-hybridized carbons (Fsp3) is 0.357. The van der Waals surface area contributed by atoms with E-state index in [0.29, 0.717) is 44.1 Å². The summed E-state index contributed by atoms with van der Waals surface area (Å²) in [4.78, 5) is 17.8. The lowest BCUT2D eigenvalue weighted by atomic mass is 9.90. The van der Waals surface area contributed by atoms with Crippen molar-refractivity contribution < 1.29 is 14.2 Å². The molecule has 3 aromatic carbocycles. The first kappa shape index (κ1) is 32.8. The number of para-hydroxylation sites is 1. The molecule has 7 nitrogen and oxygen atoms in total. The van der Waals surface area contributed by atoms with E-state index in [1.807, 2.05) is 13.0 Å². The summed E-state index contributed by atoms with van der Waals surface area (Å²) in [6.07, 6.45) is 0.885. The predicted octanol–water partition coefficient (Wildman–Crippen LogP) is 9.94. The third-order valence-electron chi connectivity index (χ3n) is 9.36. The number of benzene rings is 3. The van der Waals surface area contributed by atoms with Gasteiger partial charge in [0.05, 0.1) is 43.0 Å². The van der Waals surface area contributed by atoms with Gasteiger partial charge in [-0.05, 0) is 89.9 Å². The van der Waals surface area contributed by atoms with Gasteiger partial charge in [-0.1, -0.05) is 58.9 Å². The molecule has 0 spiro atoms. The van der Waals surface area contributed by atoms with Crippen LogP contribution in [0.25, 0.3) is 55.0 Å². The molecule has 1 aliphatic rings. The molecule has 7 rings (SSSR count). The van der Waals surface area contributed by atoms with Crippen molar-refractivity contribution in [3.8, 4) is 34.0 Å². The fourth-order valence-electron chi connectivity index (χ4n) is 6.87. The second-order valence-corrected chi connectivity index (χ2v) is 13.5. The molecule has 0 aliphatic carbocycles. The van der Waals surface area contributed by atoms with Crippen LogP contribution in [0.3, 0.4) is 0 Å². The zero-order chi connectivity index (χ0) is 34.1. The highest BCUT2D eigenvalue weighted by molar-refractivity contribution is 5.97. The van der Waals surface area contributed by atoms with Crippen LogP contribution >= 0.6 is 0 Å². The van der Waals surface area contributed by atoms with E-state index in [2.05, 4.69) is 106 Å². The molecule has 252 valence electrons. The molecule has 4 heterocycles. The number of morpholine rings is 1. The van der Waals surface area contributed by atoms with Crippen LogP contribution in [-0.2, 0) is 4.74 Å². The Balaban J connectivity index is 1.45. The van der Waals surface area contributed by atoms with Crippen LogP contribution in [0, 0.1) is 0 Å². The number of rotatable bonds is 10. The monoisotopic (exact) mass is 654 g/mol. The summed E-state index contributed by atoms with van der Waals surface area (Å²) >= 11 is 0. The third kappa shape index (κ3) is 6.52. The Morgan fingerprint density at radius 1 is 0.694 bits per heavy atom. The van der Waals surface area contributed by atoms with E-state index in [9.17, 15) is 0 Å². The van der Waals surface area contributed by atoms with Crippen LogP contribution in [0.2, 0.25) is 0 Å². The van der Waals surface area contributed by atoms with Crippen molar-refractivity contribution in [1.82, 2.24) is 15.0 Å². The fourth-order valence-corrected chi connectivity index (χ4v) is 6.87. The number of ether oxygens (including phenoxy) is 3. The van der Waals surface area contributed by atoms with Gasteiger partial charge in [0.25, 0.3) is 0 Å². The number of fused-ring (bicyclic) bond motifs is 3. The normalized spacial score (nSPS) is 13.7. The number of anilines is 1. The minimum Gasteiger partial charge on any atom is -0.478 e. The zero-order valence-corrected chi connectivity index (χ0v) is 29.5. The predicted molar refractivity (Wildman–Crippen MR) is 201 cm³/mol. The van der Waals surface area contributed by atoms with E-state index in [1.165, 1.54) is 11.1 Å². The number of hydrogen-bond acceptors (Lipinski definition) is 7. The molecule has 0 saturated carbocycles. The first-order valence-corrected chi connectivity index (χ1v) is 17.8. The molecule has 0 amide bonds. The van der Waals surface area contributed by atoms with Gasteiger partial charge in [-0.15, -0.1) is 0 Å². The molecular weight excluding hydrogens is 608 g/mol. The van der Waals surface area contributed by atoms with Crippen molar-refractivity contribution in [2.45, 2.75) is 59.8 Å². The molecular formula is C42H46N4O3. The molecule has 0 N–H and O–H groups in total. The summed E-state index contributed by atoms with van der Waals surface area (Å²) in [5, 5.41) is 3.38. The maximum atomic E-state index is 6.46. The van der Waals surface area contributed by atoms with E-state index in [4.69, 9.17) is 29.2 Å². The van der Waals surface area contributed by atoms with Crippen LogP contribution < -0.4 is 14.4 Å². The standard InChI is InChI=1S/C42H46N4O3/c1-7-17-49-42-35(30-22-32(26(3)4)31-13-14-40(48-8-2)43-38(31)24-30)25-36-33(27(5)6)21-29(23-39(36)45-42)34-20-28-11-9-10-12-37(28)44-41(34)46-15-18-47-19-16-46/h9-14,20-27H,7-8,15-19H2,1-6H3. The summed E-state index contributed by atoms with van der Waals surface area (Å²) in [7, 11) is 0. The summed E-state index contributed by atoms with van der Waals surface area (Å²) in [6.45, 7) is 17.2. The second-order valence-electron chi connectivity index (χ2n) is 13.5. The molecule has 49 heavy (non-hydrogen) atoms. The Hall–Kier alpha value is -4.75. The minimum absolute atomic E-state index is 0.262. The lowest BCUT2D eigenvalue weighted by molar-refractivity contribution is 0.122. The van der Waals surface area contributed by atoms with Crippen molar-refractivity contribution >= 4 is 38.5 Å². The molecule has 6 aromatic rings. The topological polar surface area (TPSA) is 69.6 Å². The van der Waals surface area contributed by atoms with E-state index in [-0.39, 0.29) is 5.92 Å². The zero-order valence-electron chi connectivity index (χ0n) is 29.5. The first-order chi connectivity index (χ1) is 23.8. The number of pyridine rings is 3. The van der Waals surface area contributed by atoms with Gasteiger partial charge in [0.15, 0.2) is 0 Å². The van der Waals surface area contributed by atoms with E-state index in [1.54, 1.807) is 0 Å². The summed E-state index contributed by atoms with van der Waals surface area (Å²) in [6, 6.07) is 26.0. The molecule has 1 saturated heterocycles. The number of hydrogen-bond donors (Lipinski definition) is 0. The summed E-state index contributed by atoms with van der Waals surface area (Å²) in [5.74, 6) is 2.83. The van der Waals surface area contributed by atoms with Gasteiger partial charge in [-0.25, -0.2) is 15.0 Å². The van der Waals surface area contributed by atoms with Crippen molar-refractivity contribution in [3.05, 3.63) is 83.9 Å². The first-order valence-electron chi connectivity index (χ1n) is 17.8. The van der Waals surface area contributed by atoms with Crippen LogP contribution in [0.5, 0.6) is 11.8 Å². The average Bonchev–Trinajstić information content (AvgIpc) is 3.12. The van der Waals surface area contributed by atoms with Crippen LogP contribution in [-0.4, -0.2) is 54.5 Å². The van der Waals surface area contributed by atoms with Crippen LogP contribution in [0.15, 0.2) is 72.8 Å².